The normalized spacial score (nSPS) is 27.9. The Balaban J connectivity index is 2.69. The molecule has 0 amide bonds. The zero-order chi connectivity index (χ0) is 10.1. The van der Waals surface area contributed by atoms with Crippen LogP contribution in [0.3, 0.4) is 0 Å². The molecule has 1 unspecified atom stereocenters. The van der Waals surface area contributed by atoms with Crippen molar-refractivity contribution < 1.29 is 4.84 Å². The third-order valence-electron chi connectivity index (χ3n) is 3.12. The lowest BCUT2D eigenvalue weighted by Gasteiger charge is -2.38. The van der Waals surface area contributed by atoms with Crippen LogP contribution in [0.25, 0.3) is 0 Å². The van der Waals surface area contributed by atoms with Gasteiger partial charge in [0.05, 0.1) is 6.61 Å². The Kier molecular flexibility index (Phi) is 3.31. The van der Waals surface area contributed by atoms with E-state index in [0.717, 1.165) is 0 Å². The Bertz CT molecular complexity index is 180. The van der Waals surface area contributed by atoms with Gasteiger partial charge in [0.1, 0.15) is 0 Å². The molecule has 1 aliphatic heterocycles. The molecule has 1 aliphatic rings. The zero-order valence-corrected chi connectivity index (χ0v) is 9.91. The molecule has 78 valence electrons. The molecule has 0 aromatic rings. The summed E-state index contributed by atoms with van der Waals surface area (Å²) in [5.74, 6) is 7.14. The van der Waals surface area contributed by atoms with Crippen LogP contribution < -0.4 is 5.90 Å². The van der Waals surface area contributed by atoms with Crippen LogP contribution in [0.2, 0.25) is 0 Å². The summed E-state index contributed by atoms with van der Waals surface area (Å²) in [5, 5.41) is 0. The summed E-state index contributed by atoms with van der Waals surface area (Å²) in [6.07, 6.45) is 1.29. The number of thioether (sulfide) groups is 1. The minimum absolute atomic E-state index is 0.196. The van der Waals surface area contributed by atoms with Crippen molar-refractivity contribution >= 4 is 11.8 Å². The van der Waals surface area contributed by atoms with Gasteiger partial charge in [0.25, 0.3) is 0 Å². The summed E-state index contributed by atoms with van der Waals surface area (Å²) < 4.78 is 0.377. The summed E-state index contributed by atoms with van der Waals surface area (Å²) >= 11 is 2.06. The van der Waals surface area contributed by atoms with Crippen LogP contribution >= 0.6 is 11.8 Å². The fraction of sp³-hybridized carbons (Fsp3) is 1.00. The monoisotopic (exact) mass is 203 g/mol. The molecule has 1 fully saturated rings. The highest BCUT2D eigenvalue weighted by Gasteiger charge is 2.44. The van der Waals surface area contributed by atoms with Crippen LogP contribution in [-0.2, 0) is 4.84 Å². The van der Waals surface area contributed by atoms with E-state index in [9.17, 15) is 0 Å². The van der Waals surface area contributed by atoms with Crippen molar-refractivity contribution in [3.63, 3.8) is 0 Å². The average molecular weight is 203 g/mol. The number of nitrogens with two attached hydrogens (primary N) is 1. The van der Waals surface area contributed by atoms with Crippen LogP contribution in [0.5, 0.6) is 0 Å². The zero-order valence-electron chi connectivity index (χ0n) is 9.09. The van der Waals surface area contributed by atoms with E-state index in [1.54, 1.807) is 0 Å². The lowest BCUT2D eigenvalue weighted by Crippen LogP contribution is -2.39. The van der Waals surface area contributed by atoms with Gasteiger partial charge >= 0.3 is 0 Å². The lowest BCUT2D eigenvalue weighted by molar-refractivity contribution is 0.0204. The first-order valence-electron chi connectivity index (χ1n) is 4.86. The molecular weight excluding hydrogens is 182 g/mol. The molecular formula is C10H21NOS. The van der Waals surface area contributed by atoms with Crippen molar-refractivity contribution in [1.82, 2.24) is 0 Å². The van der Waals surface area contributed by atoms with Gasteiger partial charge in [-0.3, -0.25) is 0 Å². The highest BCUT2D eigenvalue weighted by atomic mass is 32.2. The second-order valence-corrected chi connectivity index (χ2v) is 6.84. The van der Waals surface area contributed by atoms with E-state index < -0.39 is 0 Å². The minimum atomic E-state index is 0.196. The fourth-order valence-corrected chi connectivity index (χ4v) is 4.05. The van der Waals surface area contributed by atoms with E-state index in [4.69, 9.17) is 10.7 Å². The van der Waals surface area contributed by atoms with Crippen LogP contribution in [0.15, 0.2) is 0 Å². The Hall–Kier alpha value is 0.270. The molecule has 2 N–H and O–H groups in total. The Morgan fingerprint density at radius 3 is 2.54 bits per heavy atom. The maximum Gasteiger partial charge on any atom is 0.0733 e. The van der Waals surface area contributed by atoms with E-state index in [-0.39, 0.29) is 5.41 Å². The molecule has 0 spiro atoms. The van der Waals surface area contributed by atoms with Gasteiger partial charge in [-0.15, -0.1) is 0 Å². The number of rotatable bonds is 3. The van der Waals surface area contributed by atoms with E-state index in [1.807, 2.05) is 0 Å². The first kappa shape index (κ1) is 11.3. The van der Waals surface area contributed by atoms with Gasteiger partial charge in [-0.1, -0.05) is 27.7 Å². The van der Waals surface area contributed by atoms with Crippen LogP contribution in [0, 0.1) is 11.3 Å². The molecule has 1 saturated heterocycles. The Morgan fingerprint density at radius 2 is 2.15 bits per heavy atom. The van der Waals surface area contributed by atoms with E-state index in [2.05, 4.69) is 39.5 Å². The topological polar surface area (TPSA) is 35.2 Å². The highest BCUT2D eigenvalue weighted by molar-refractivity contribution is 8.00. The van der Waals surface area contributed by atoms with Gasteiger partial charge in [-0.25, -0.2) is 5.90 Å². The first-order chi connectivity index (χ1) is 5.90. The molecule has 0 radical (unpaired) electrons. The van der Waals surface area contributed by atoms with E-state index in [0.29, 0.717) is 17.3 Å². The van der Waals surface area contributed by atoms with Crippen molar-refractivity contribution in [2.45, 2.75) is 38.9 Å². The molecule has 13 heavy (non-hydrogen) atoms. The highest BCUT2D eigenvalue weighted by Crippen LogP contribution is 2.50. The van der Waals surface area contributed by atoms with Crippen LogP contribution in [0.1, 0.15) is 34.1 Å². The summed E-state index contributed by atoms with van der Waals surface area (Å²) in [5.41, 5.74) is 0.196. The van der Waals surface area contributed by atoms with Crippen molar-refractivity contribution in [1.29, 1.82) is 0 Å². The quantitative estimate of drug-likeness (QED) is 0.716. The van der Waals surface area contributed by atoms with Gasteiger partial charge in [-0.2, -0.15) is 11.8 Å². The van der Waals surface area contributed by atoms with Gasteiger partial charge < -0.3 is 4.84 Å². The van der Waals surface area contributed by atoms with Gasteiger partial charge in [-0.05, 0) is 23.5 Å². The van der Waals surface area contributed by atoms with Gasteiger partial charge in [0, 0.05) is 4.75 Å². The maximum atomic E-state index is 5.16. The largest absolute Gasteiger partial charge is 0.304 e. The SMILES string of the molecule is CC(C)(CON)C1CCSC1(C)C. The smallest absolute Gasteiger partial charge is 0.0733 e. The molecule has 1 heterocycles. The van der Waals surface area contributed by atoms with Crippen molar-refractivity contribution in [3.8, 4) is 0 Å². The third kappa shape index (κ3) is 2.39. The molecule has 1 rings (SSSR count). The molecule has 0 aromatic carbocycles. The molecule has 1 atom stereocenters. The lowest BCUT2D eigenvalue weighted by atomic mass is 9.72. The predicted molar refractivity (Wildman–Crippen MR) is 58.6 cm³/mol. The van der Waals surface area contributed by atoms with Crippen molar-refractivity contribution in [3.05, 3.63) is 0 Å². The molecule has 3 heteroatoms. The average Bonchev–Trinajstić information content (AvgIpc) is 2.29. The van der Waals surface area contributed by atoms with E-state index >= 15 is 0 Å². The molecule has 0 aliphatic carbocycles. The standard InChI is InChI=1S/C10H21NOS/c1-9(2,7-12-11)8-5-6-13-10(8,3)4/h8H,5-7,11H2,1-4H3. The number of hydrogen-bond donors (Lipinski definition) is 1. The second-order valence-electron chi connectivity index (χ2n) is 5.09. The molecule has 0 aromatic heterocycles. The second kappa shape index (κ2) is 3.79. The summed E-state index contributed by atoms with van der Waals surface area (Å²) in [7, 11) is 0. The molecule has 0 saturated carbocycles. The van der Waals surface area contributed by atoms with E-state index in [1.165, 1.54) is 12.2 Å². The fourth-order valence-electron chi connectivity index (χ4n) is 2.54. The predicted octanol–water partition coefficient (Wildman–Crippen LogP) is 2.43. The van der Waals surface area contributed by atoms with Crippen molar-refractivity contribution in [2.24, 2.45) is 17.2 Å². The summed E-state index contributed by atoms with van der Waals surface area (Å²) in [4.78, 5) is 4.80. The summed E-state index contributed by atoms with van der Waals surface area (Å²) in [6.45, 7) is 9.80. The third-order valence-corrected chi connectivity index (χ3v) is 4.59. The van der Waals surface area contributed by atoms with Crippen LogP contribution in [0.4, 0.5) is 0 Å². The van der Waals surface area contributed by atoms with Gasteiger partial charge in [0.15, 0.2) is 0 Å². The Morgan fingerprint density at radius 1 is 1.54 bits per heavy atom. The minimum Gasteiger partial charge on any atom is -0.304 e. The molecule has 0 bridgehead atoms. The van der Waals surface area contributed by atoms with Crippen LogP contribution in [-0.4, -0.2) is 17.1 Å². The van der Waals surface area contributed by atoms with Gasteiger partial charge in [0.2, 0.25) is 0 Å². The molecule has 2 nitrogen and oxygen atoms in total. The number of hydrogen-bond acceptors (Lipinski definition) is 3. The summed E-state index contributed by atoms with van der Waals surface area (Å²) in [6, 6.07) is 0. The maximum absolute atomic E-state index is 5.16. The first-order valence-corrected chi connectivity index (χ1v) is 5.84. The van der Waals surface area contributed by atoms with Crippen molar-refractivity contribution in [2.75, 3.05) is 12.4 Å². The Labute approximate surface area is 85.5 Å².